The number of carbonyl (C=O) groups is 1. The van der Waals surface area contributed by atoms with E-state index >= 15 is 0 Å². The summed E-state index contributed by atoms with van der Waals surface area (Å²) in [6.07, 6.45) is 2.43. The standard InChI is InChI=1S/C15H13N3O5/c16-10-2-4-13(19)9(7-10)1-6-15(21)17-12-8-11(18(22)23)3-5-14(12)20/h1-8,19-20H,16H2,(H,17,21). The van der Waals surface area contributed by atoms with Gasteiger partial charge in [0.1, 0.15) is 11.5 Å². The molecule has 0 saturated carbocycles. The molecule has 0 aromatic heterocycles. The molecular formula is C15H13N3O5. The highest BCUT2D eigenvalue weighted by Gasteiger charge is 2.11. The lowest BCUT2D eigenvalue weighted by molar-refractivity contribution is -0.384. The fraction of sp³-hybridized carbons (Fsp3) is 0. The summed E-state index contributed by atoms with van der Waals surface area (Å²) in [5.41, 5.74) is 5.97. The molecule has 0 aliphatic rings. The fourth-order valence-corrected chi connectivity index (χ4v) is 1.78. The lowest BCUT2D eigenvalue weighted by atomic mass is 10.1. The zero-order valence-corrected chi connectivity index (χ0v) is 11.8. The van der Waals surface area contributed by atoms with E-state index < -0.39 is 10.8 Å². The number of anilines is 2. The van der Waals surface area contributed by atoms with Gasteiger partial charge in [-0.25, -0.2) is 0 Å². The van der Waals surface area contributed by atoms with Crippen molar-refractivity contribution in [2.75, 3.05) is 11.1 Å². The zero-order chi connectivity index (χ0) is 17.0. The van der Waals surface area contributed by atoms with Crippen molar-refractivity contribution in [3.05, 3.63) is 58.2 Å². The topological polar surface area (TPSA) is 139 Å². The molecule has 0 bridgehead atoms. The van der Waals surface area contributed by atoms with E-state index in [1.165, 1.54) is 24.3 Å². The van der Waals surface area contributed by atoms with Crippen LogP contribution in [0, 0.1) is 10.1 Å². The van der Waals surface area contributed by atoms with Crippen LogP contribution >= 0.6 is 0 Å². The summed E-state index contributed by atoms with van der Waals surface area (Å²) < 4.78 is 0. The van der Waals surface area contributed by atoms with Crippen LogP contribution in [-0.4, -0.2) is 21.0 Å². The van der Waals surface area contributed by atoms with Gasteiger partial charge in [-0.3, -0.25) is 14.9 Å². The van der Waals surface area contributed by atoms with Crippen LogP contribution in [0.15, 0.2) is 42.5 Å². The molecule has 23 heavy (non-hydrogen) atoms. The van der Waals surface area contributed by atoms with Crippen molar-refractivity contribution >= 4 is 29.0 Å². The highest BCUT2D eigenvalue weighted by Crippen LogP contribution is 2.28. The number of non-ortho nitro benzene ring substituents is 1. The molecule has 0 spiro atoms. The van der Waals surface area contributed by atoms with E-state index in [1.54, 1.807) is 0 Å². The SMILES string of the molecule is Nc1ccc(O)c(C=CC(=O)Nc2cc([N+](=O)[O-])ccc2O)c1. The molecule has 2 aromatic rings. The van der Waals surface area contributed by atoms with Gasteiger partial charge in [0.15, 0.2) is 0 Å². The highest BCUT2D eigenvalue weighted by atomic mass is 16.6. The first-order valence-electron chi connectivity index (χ1n) is 6.42. The Kier molecular flexibility index (Phi) is 4.46. The molecule has 8 heteroatoms. The van der Waals surface area contributed by atoms with Crippen molar-refractivity contribution in [1.29, 1.82) is 0 Å². The number of nitrogens with zero attached hydrogens (tertiary/aromatic N) is 1. The lowest BCUT2D eigenvalue weighted by Gasteiger charge is -2.05. The van der Waals surface area contributed by atoms with Crippen LogP contribution in [-0.2, 0) is 4.79 Å². The first-order valence-corrected chi connectivity index (χ1v) is 6.42. The Balaban J connectivity index is 2.16. The molecule has 2 aromatic carbocycles. The minimum Gasteiger partial charge on any atom is -0.507 e. The highest BCUT2D eigenvalue weighted by molar-refractivity contribution is 6.03. The van der Waals surface area contributed by atoms with Crippen LogP contribution in [0.1, 0.15) is 5.56 Å². The number of nitro groups is 1. The Morgan fingerprint density at radius 3 is 2.57 bits per heavy atom. The lowest BCUT2D eigenvalue weighted by Crippen LogP contribution is -2.08. The van der Waals surface area contributed by atoms with Crippen molar-refractivity contribution in [3.8, 4) is 11.5 Å². The van der Waals surface area contributed by atoms with Gasteiger partial charge in [-0.15, -0.1) is 0 Å². The molecule has 0 atom stereocenters. The maximum Gasteiger partial charge on any atom is 0.271 e. The van der Waals surface area contributed by atoms with Crippen LogP contribution in [0.3, 0.4) is 0 Å². The Bertz CT molecular complexity index is 802. The van der Waals surface area contributed by atoms with E-state index in [4.69, 9.17) is 5.73 Å². The van der Waals surface area contributed by atoms with Gasteiger partial charge >= 0.3 is 0 Å². The van der Waals surface area contributed by atoms with Crippen LogP contribution in [0.4, 0.5) is 17.1 Å². The van der Waals surface area contributed by atoms with E-state index in [9.17, 15) is 25.1 Å². The first-order chi connectivity index (χ1) is 10.9. The molecule has 0 aliphatic carbocycles. The minimum absolute atomic E-state index is 0.0542. The van der Waals surface area contributed by atoms with Gasteiger partial charge in [0.25, 0.3) is 5.69 Å². The van der Waals surface area contributed by atoms with E-state index in [0.29, 0.717) is 11.3 Å². The average molecular weight is 315 g/mol. The number of benzene rings is 2. The van der Waals surface area contributed by atoms with E-state index in [1.807, 2.05) is 0 Å². The fourth-order valence-electron chi connectivity index (χ4n) is 1.78. The minimum atomic E-state index is -0.643. The number of hydrogen-bond acceptors (Lipinski definition) is 6. The Hall–Kier alpha value is -3.55. The molecule has 0 fully saturated rings. The summed E-state index contributed by atoms with van der Waals surface area (Å²) in [6.45, 7) is 0. The molecule has 118 valence electrons. The Morgan fingerprint density at radius 2 is 1.87 bits per heavy atom. The third-order valence-electron chi connectivity index (χ3n) is 2.91. The quantitative estimate of drug-likeness (QED) is 0.170. The summed E-state index contributed by atoms with van der Waals surface area (Å²) in [4.78, 5) is 21.9. The molecule has 0 unspecified atom stereocenters. The number of hydrogen-bond donors (Lipinski definition) is 4. The summed E-state index contributed by atoms with van der Waals surface area (Å²) in [6, 6.07) is 7.64. The predicted octanol–water partition coefficient (Wildman–Crippen LogP) is 2.24. The largest absolute Gasteiger partial charge is 0.507 e. The number of amides is 1. The zero-order valence-electron chi connectivity index (χ0n) is 11.8. The second-order valence-electron chi connectivity index (χ2n) is 4.60. The van der Waals surface area contributed by atoms with Gasteiger partial charge in [-0.05, 0) is 30.3 Å². The molecule has 2 rings (SSSR count). The molecule has 8 nitrogen and oxygen atoms in total. The van der Waals surface area contributed by atoms with Crippen molar-refractivity contribution in [1.82, 2.24) is 0 Å². The third kappa shape index (κ3) is 3.97. The van der Waals surface area contributed by atoms with Gasteiger partial charge in [-0.2, -0.15) is 0 Å². The number of nitrogens with one attached hydrogen (secondary N) is 1. The Labute approximate surface area is 130 Å². The maximum atomic E-state index is 11.8. The molecular weight excluding hydrogens is 302 g/mol. The van der Waals surface area contributed by atoms with E-state index in [-0.39, 0.29) is 22.9 Å². The second kappa shape index (κ2) is 6.48. The van der Waals surface area contributed by atoms with Crippen molar-refractivity contribution < 1.29 is 19.9 Å². The van der Waals surface area contributed by atoms with Gasteiger partial charge in [-0.1, -0.05) is 0 Å². The number of nitro benzene ring substituents is 1. The molecule has 5 N–H and O–H groups in total. The molecule has 1 amide bonds. The van der Waals surface area contributed by atoms with Crippen LogP contribution in [0.5, 0.6) is 11.5 Å². The predicted molar refractivity (Wildman–Crippen MR) is 84.9 cm³/mol. The number of aromatic hydroxyl groups is 2. The number of phenolic OH excluding ortho intramolecular Hbond substituents is 2. The van der Waals surface area contributed by atoms with E-state index in [2.05, 4.69) is 5.32 Å². The second-order valence-corrected chi connectivity index (χ2v) is 4.60. The number of phenols is 2. The van der Waals surface area contributed by atoms with Gasteiger partial charge < -0.3 is 21.3 Å². The average Bonchev–Trinajstić information content (AvgIpc) is 2.50. The smallest absolute Gasteiger partial charge is 0.271 e. The van der Waals surface area contributed by atoms with Crippen LogP contribution in [0.2, 0.25) is 0 Å². The van der Waals surface area contributed by atoms with Gasteiger partial charge in [0.2, 0.25) is 5.91 Å². The Morgan fingerprint density at radius 1 is 1.17 bits per heavy atom. The van der Waals surface area contributed by atoms with Crippen LogP contribution < -0.4 is 11.1 Å². The monoisotopic (exact) mass is 315 g/mol. The number of carbonyl (C=O) groups excluding carboxylic acids is 1. The third-order valence-corrected chi connectivity index (χ3v) is 2.91. The van der Waals surface area contributed by atoms with Gasteiger partial charge in [0.05, 0.1) is 10.6 Å². The summed E-state index contributed by atoms with van der Waals surface area (Å²) in [5.74, 6) is -0.992. The summed E-state index contributed by atoms with van der Waals surface area (Å²) in [5, 5.41) is 32.2. The van der Waals surface area contributed by atoms with Crippen molar-refractivity contribution in [2.45, 2.75) is 0 Å². The summed E-state index contributed by atoms with van der Waals surface area (Å²) >= 11 is 0. The maximum absolute atomic E-state index is 11.8. The first kappa shape index (κ1) is 15.8. The normalized spacial score (nSPS) is 10.6. The van der Waals surface area contributed by atoms with Crippen LogP contribution in [0.25, 0.3) is 6.08 Å². The number of rotatable bonds is 4. The molecule has 0 heterocycles. The van der Waals surface area contributed by atoms with Crippen molar-refractivity contribution in [3.63, 3.8) is 0 Å². The molecule has 0 aliphatic heterocycles. The van der Waals surface area contributed by atoms with E-state index in [0.717, 1.165) is 24.3 Å². The summed E-state index contributed by atoms with van der Waals surface area (Å²) in [7, 11) is 0. The number of nitrogen functional groups attached to an aromatic ring is 1. The molecule has 0 radical (unpaired) electrons. The van der Waals surface area contributed by atoms with Crippen molar-refractivity contribution in [2.24, 2.45) is 0 Å². The molecule has 0 saturated heterocycles. The van der Waals surface area contributed by atoms with Gasteiger partial charge in [0, 0.05) is 29.5 Å². The number of nitrogens with two attached hydrogens (primary N) is 1.